The quantitative estimate of drug-likeness (QED) is 0.601. The molecule has 0 amide bonds. The molecule has 0 saturated heterocycles. The van der Waals surface area contributed by atoms with Crippen molar-refractivity contribution in [3.05, 3.63) is 66.3 Å². The molecule has 0 heterocycles. The number of aromatic carboxylic acids is 1. The number of rotatable bonds is 4. The van der Waals surface area contributed by atoms with Crippen molar-refractivity contribution in [2.45, 2.75) is 13.8 Å². The van der Waals surface area contributed by atoms with E-state index in [1.165, 1.54) is 6.92 Å². The first-order valence-corrected chi connectivity index (χ1v) is 8.23. The number of carboxylic acids is 1. The number of benzene rings is 2. The van der Waals surface area contributed by atoms with Crippen molar-refractivity contribution < 1.29 is 35.9 Å². The number of hydrogen-bond acceptors (Lipinski definition) is 2. The summed E-state index contributed by atoms with van der Waals surface area (Å²) in [5.41, 5.74) is 1.88. The van der Waals surface area contributed by atoms with Crippen LogP contribution in [0.5, 0.6) is 0 Å². The summed E-state index contributed by atoms with van der Waals surface area (Å²) in [5.74, 6) is -0.838. The minimum atomic E-state index is -0.877. The molecule has 20 heavy (non-hydrogen) atoms. The fourth-order valence-corrected chi connectivity index (χ4v) is 4.55. The van der Waals surface area contributed by atoms with Gasteiger partial charge in [0.2, 0.25) is 0 Å². The molecule has 2 rings (SSSR count). The maximum absolute atomic E-state index is 11.3. The number of carbonyl (C=O) groups excluding carboxylic acids is 1. The van der Waals surface area contributed by atoms with Gasteiger partial charge in [-0.1, -0.05) is 0 Å². The van der Waals surface area contributed by atoms with Crippen LogP contribution in [0, 0.1) is 14.1 Å². The normalized spacial score (nSPS) is 10.5. The molecule has 0 saturated carbocycles. The van der Waals surface area contributed by atoms with Crippen molar-refractivity contribution in [1.29, 1.82) is 0 Å². The second-order valence-corrected chi connectivity index (χ2v) is 7.34. The van der Waals surface area contributed by atoms with Crippen LogP contribution in [-0.2, 0) is 0 Å². The van der Waals surface area contributed by atoms with Gasteiger partial charge in [0, 0.05) is 0 Å². The Balaban J connectivity index is 2.33. The zero-order chi connectivity index (χ0) is 14.7. The molecule has 0 atom stereocenters. The molecule has 3 nitrogen and oxygen atoms in total. The molecule has 0 aliphatic carbocycles. The fraction of sp³-hybridized carbons (Fsp3) is 0.125. The van der Waals surface area contributed by atoms with Gasteiger partial charge in [-0.25, -0.2) is 0 Å². The number of carbonyl (C=O) groups is 2. The van der Waals surface area contributed by atoms with Crippen LogP contribution in [0.3, 0.4) is 0 Å². The van der Waals surface area contributed by atoms with Gasteiger partial charge in [0.05, 0.1) is 0 Å². The fourth-order valence-electron chi connectivity index (χ4n) is 1.85. The van der Waals surface area contributed by atoms with Crippen molar-refractivity contribution in [2.75, 3.05) is 0 Å². The Morgan fingerprint density at radius 3 is 2.25 bits per heavy atom. The van der Waals surface area contributed by atoms with E-state index in [0.29, 0.717) is 11.1 Å². The van der Waals surface area contributed by atoms with Crippen LogP contribution in [0.15, 0.2) is 42.5 Å². The summed E-state index contributed by atoms with van der Waals surface area (Å²) < 4.78 is 1.99. The Kier molecular flexibility index (Phi) is 4.54. The van der Waals surface area contributed by atoms with Crippen molar-refractivity contribution >= 4 is 11.8 Å². The van der Waals surface area contributed by atoms with E-state index >= 15 is 0 Å². The molecule has 4 heteroatoms. The number of aryl methyl sites for hydroxylation is 1. The van der Waals surface area contributed by atoms with Gasteiger partial charge in [0.15, 0.2) is 0 Å². The predicted octanol–water partition coefficient (Wildman–Crippen LogP) is 0.0242. The third-order valence-corrected chi connectivity index (χ3v) is 5.72. The van der Waals surface area contributed by atoms with Crippen LogP contribution < -0.4 is 21.2 Å². The molecule has 0 fully saturated rings. The first-order chi connectivity index (χ1) is 9.49. The average molecular weight is 381 g/mol. The summed E-state index contributed by atoms with van der Waals surface area (Å²) in [6.45, 7) is 3.35. The van der Waals surface area contributed by atoms with E-state index in [9.17, 15) is 14.7 Å². The average Bonchev–Trinajstić information content (AvgIpc) is 2.39. The first-order valence-electron chi connectivity index (χ1n) is 6.08. The van der Waals surface area contributed by atoms with E-state index in [2.05, 4.69) is 0 Å². The first kappa shape index (κ1) is 14.7. The Morgan fingerprint density at radius 1 is 1.05 bits per heavy atom. The third kappa shape index (κ3) is 3.25. The molecular formula is C16H14IO3-. The van der Waals surface area contributed by atoms with Gasteiger partial charge in [-0.05, 0) is 0 Å². The maximum atomic E-state index is 11.3. The second-order valence-electron chi connectivity index (χ2n) is 4.39. The molecule has 1 N–H and O–H groups in total. The van der Waals surface area contributed by atoms with Crippen LogP contribution in [0.4, 0.5) is 0 Å². The number of ketones is 1. The van der Waals surface area contributed by atoms with Gasteiger partial charge < -0.3 is 0 Å². The van der Waals surface area contributed by atoms with E-state index in [4.69, 9.17) is 0 Å². The molecule has 104 valence electrons. The number of carboxylic acid groups (broad SMARTS) is 1. The van der Waals surface area contributed by atoms with Crippen molar-refractivity contribution in [1.82, 2.24) is 0 Å². The van der Waals surface area contributed by atoms with Gasteiger partial charge in [0.1, 0.15) is 0 Å². The SMILES string of the molecule is CC(=O)c1ccc([I-]c2cccc(C)c2C(=O)O)cc1. The van der Waals surface area contributed by atoms with E-state index in [1.54, 1.807) is 12.1 Å². The molecular weight excluding hydrogens is 367 g/mol. The Hall–Kier alpha value is -1.69. The van der Waals surface area contributed by atoms with Gasteiger partial charge >= 0.3 is 128 Å². The Labute approximate surface area is 127 Å². The predicted molar refractivity (Wildman–Crippen MR) is 72.0 cm³/mol. The van der Waals surface area contributed by atoms with Gasteiger partial charge in [-0.2, -0.15) is 0 Å². The van der Waals surface area contributed by atoms with Crippen molar-refractivity contribution in [3.8, 4) is 0 Å². The van der Waals surface area contributed by atoms with Crippen LogP contribution >= 0.6 is 0 Å². The van der Waals surface area contributed by atoms with Crippen LogP contribution in [-0.4, -0.2) is 16.9 Å². The standard InChI is InChI=1S/C16H14IO3/c1-10-4-3-5-14(15(10)16(19)20)17-13-8-6-12(7-9-13)11(2)18/h3-9H,1-2H3,(H,19,20)/q-1. The molecule has 2 aromatic carbocycles. The zero-order valence-electron chi connectivity index (χ0n) is 11.2. The van der Waals surface area contributed by atoms with Crippen LogP contribution in [0.2, 0.25) is 0 Å². The Morgan fingerprint density at radius 2 is 1.70 bits per heavy atom. The summed E-state index contributed by atoms with van der Waals surface area (Å²) in [5, 5.41) is 9.31. The number of Topliss-reactive ketones (excluding diaryl/α,β-unsaturated/α-hetero) is 1. The van der Waals surface area contributed by atoms with E-state index in [-0.39, 0.29) is 5.78 Å². The van der Waals surface area contributed by atoms with Crippen molar-refractivity contribution in [2.24, 2.45) is 0 Å². The number of halogens is 1. The topological polar surface area (TPSA) is 54.4 Å². The molecule has 0 radical (unpaired) electrons. The number of hydrogen-bond donors (Lipinski definition) is 1. The summed E-state index contributed by atoms with van der Waals surface area (Å²) in [6, 6.07) is 13.0. The molecule has 0 aliphatic rings. The van der Waals surface area contributed by atoms with Crippen LogP contribution in [0.1, 0.15) is 33.2 Å². The zero-order valence-corrected chi connectivity index (χ0v) is 13.3. The molecule has 0 bridgehead atoms. The monoisotopic (exact) mass is 381 g/mol. The summed E-state index contributed by atoms with van der Waals surface area (Å²) >= 11 is -0.568. The van der Waals surface area contributed by atoms with E-state index in [1.807, 2.05) is 37.3 Å². The Bertz CT molecular complexity index is 660. The second kappa shape index (κ2) is 6.17. The summed E-state index contributed by atoms with van der Waals surface area (Å²) in [6.07, 6.45) is 0. The summed E-state index contributed by atoms with van der Waals surface area (Å²) in [4.78, 5) is 22.6. The molecule has 0 aliphatic heterocycles. The molecule has 2 aromatic rings. The summed E-state index contributed by atoms with van der Waals surface area (Å²) in [7, 11) is 0. The molecule has 0 aromatic heterocycles. The minimum absolute atomic E-state index is 0.0385. The van der Waals surface area contributed by atoms with Gasteiger partial charge in [-0.15, -0.1) is 0 Å². The van der Waals surface area contributed by atoms with Gasteiger partial charge in [0.25, 0.3) is 0 Å². The van der Waals surface area contributed by atoms with E-state index in [0.717, 1.165) is 12.7 Å². The molecule has 0 unspecified atom stereocenters. The van der Waals surface area contributed by atoms with E-state index < -0.39 is 27.2 Å². The van der Waals surface area contributed by atoms with Gasteiger partial charge in [-0.3, -0.25) is 0 Å². The third-order valence-electron chi connectivity index (χ3n) is 2.90. The van der Waals surface area contributed by atoms with Crippen LogP contribution in [0.25, 0.3) is 0 Å². The van der Waals surface area contributed by atoms with Crippen molar-refractivity contribution in [3.63, 3.8) is 0 Å². The molecule has 0 spiro atoms.